The van der Waals surface area contributed by atoms with Gasteiger partial charge in [-0.2, -0.15) is 10.6 Å². The smallest absolute Gasteiger partial charge is 0.428 e. The van der Waals surface area contributed by atoms with E-state index in [-0.39, 0.29) is 12.0 Å². The summed E-state index contributed by atoms with van der Waals surface area (Å²) >= 11 is 0. The van der Waals surface area contributed by atoms with E-state index < -0.39 is 35.5 Å². The average Bonchev–Trinajstić information content (AvgIpc) is 2.80. The van der Waals surface area contributed by atoms with Gasteiger partial charge in [0, 0.05) is 12.0 Å². The van der Waals surface area contributed by atoms with E-state index in [0.717, 1.165) is 5.56 Å². The normalized spacial score (nSPS) is 11.9. The van der Waals surface area contributed by atoms with Crippen LogP contribution in [-0.2, 0) is 19.2 Å². The number of hydroxylamine groups is 1. The van der Waals surface area contributed by atoms with Gasteiger partial charge in [-0.1, -0.05) is 31.2 Å². The van der Waals surface area contributed by atoms with Crippen LogP contribution >= 0.6 is 0 Å². The van der Waals surface area contributed by atoms with E-state index in [1.54, 1.807) is 58.0 Å². The fourth-order valence-electron chi connectivity index (χ4n) is 2.84. The second-order valence-corrected chi connectivity index (χ2v) is 8.88. The number of nitrogens with zero attached hydrogens (tertiary/aromatic N) is 1. The Bertz CT molecular complexity index is 1110. The van der Waals surface area contributed by atoms with Gasteiger partial charge in [-0.05, 0) is 69.5 Å². The lowest BCUT2D eigenvalue weighted by Gasteiger charge is -2.18. The molecule has 0 aliphatic heterocycles. The maximum atomic E-state index is 12.6. The summed E-state index contributed by atoms with van der Waals surface area (Å²) < 4.78 is 10.6. The van der Waals surface area contributed by atoms with Crippen molar-refractivity contribution in [3.63, 3.8) is 0 Å². The highest BCUT2D eigenvalue weighted by Gasteiger charge is 2.30. The summed E-state index contributed by atoms with van der Waals surface area (Å²) in [6, 6.07) is 13.0. The maximum absolute atomic E-state index is 12.6. The third kappa shape index (κ3) is 9.57. The molecule has 36 heavy (non-hydrogen) atoms. The van der Waals surface area contributed by atoms with Crippen LogP contribution in [-0.4, -0.2) is 41.7 Å². The second-order valence-electron chi connectivity index (χ2n) is 8.88. The fourth-order valence-corrected chi connectivity index (χ4v) is 2.84. The Morgan fingerprint density at radius 1 is 1.06 bits per heavy atom. The van der Waals surface area contributed by atoms with Gasteiger partial charge in [0.25, 0.3) is 12.0 Å². The maximum Gasteiger partial charge on any atom is 0.428 e. The highest BCUT2D eigenvalue weighted by Crippen LogP contribution is 2.16. The molecule has 2 aromatic rings. The Morgan fingerprint density at radius 3 is 2.36 bits per heavy atom. The molecule has 10 nitrogen and oxygen atoms in total. The molecule has 0 bridgehead atoms. The molecule has 1 unspecified atom stereocenters. The fraction of sp³-hybridized carbons (Fsp3) is 0.346. The van der Waals surface area contributed by atoms with Crippen LogP contribution < -0.4 is 15.6 Å². The third-order valence-electron chi connectivity index (χ3n) is 4.43. The first-order chi connectivity index (χ1) is 17.0. The van der Waals surface area contributed by atoms with Crippen molar-refractivity contribution in [1.29, 1.82) is 0 Å². The van der Waals surface area contributed by atoms with Crippen molar-refractivity contribution in [2.24, 2.45) is 5.10 Å². The molecule has 10 heteroatoms. The zero-order valence-corrected chi connectivity index (χ0v) is 21.0. The van der Waals surface area contributed by atoms with Crippen LogP contribution in [0.3, 0.4) is 0 Å². The second kappa shape index (κ2) is 13.0. The topological polar surface area (TPSA) is 132 Å². The number of rotatable bonds is 9. The van der Waals surface area contributed by atoms with Crippen molar-refractivity contribution < 1.29 is 33.5 Å². The molecule has 2 rings (SSSR count). The molecule has 2 aromatic carbocycles. The van der Waals surface area contributed by atoms with Gasteiger partial charge in [-0.3, -0.25) is 9.59 Å². The number of benzene rings is 2. The summed E-state index contributed by atoms with van der Waals surface area (Å²) in [5, 5.41) is 3.79. The highest BCUT2D eigenvalue weighted by atomic mass is 16.7. The summed E-state index contributed by atoms with van der Waals surface area (Å²) in [6.07, 6.45) is -0.194. The lowest BCUT2D eigenvalue weighted by molar-refractivity contribution is -0.160. The van der Waals surface area contributed by atoms with Gasteiger partial charge < -0.3 is 14.3 Å². The summed E-state index contributed by atoms with van der Waals surface area (Å²) in [6.45, 7) is 8.85. The van der Waals surface area contributed by atoms with Crippen LogP contribution in [0.15, 0.2) is 53.6 Å². The molecule has 2 amide bonds. The molecule has 2 N–H and O–H groups in total. The number of carbonyl (C=O) groups excluding carboxylic acids is 4. The lowest BCUT2D eigenvalue weighted by atomic mass is 10.1. The predicted molar refractivity (Wildman–Crippen MR) is 132 cm³/mol. The molecular formula is C26H31N3O7. The van der Waals surface area contributed by atoms with Crippen LogP contribution in [0.1, 0.15) is 62.0 Å². The van der Waals surface area contributed by atoms with Crippen LogP contribution in [0, 0.1) is 6.92 Å². The van der Waals surface area contributed by atoms with E-state index in [2.05, 4.69) is 10.5 Å². The first-order valence-electron chi connectivity index (χ1n) is 11.4. The van der Waals surface area contributed by atoms with Gasteiger partial charge in [0.05, 0.1) is 6.21 Å². The SMILES string of the molecule is CCCC(=O)C(Oc1cccc(C)c1)C(=O)ONC(=O)c1ccc(C=NNC(=O)OC(C)(C)C)cc1. The minimum atomic E-state index is -1.51. The monoisotopic (exact) mass is 497 g/mol. The molecule has 0 aromatic heterocycles. The first-order valence-corrected chi connectivity index (χ1v) is 11.4. The number of ketones is 1. The number of carbonyl (C=O) groups is 4. The third-order valence-corrected chi connectivity index (χ3v) is 4.43. The van der Waals surface area contributed by atoms with Gasteiger partial charge in [-0.25, -0.2) is 15.0 Å². The molecule has 0 radical (unpaired) electrons. The zero-order valence-electron chi connectivity index (χ0n) is 21.0. The van der Waals surface area contributed by atoms with Gasteiger partial charge in [0.15, 0.2) is 5.78 Å². The highest BCUT2D eigenvalue weighted by molar-refractivity contribution is 6.03. The number of ether oxygens (including phenoxy) is 2. The van der Waals surface area contributed by atoms with Crippen molar-refractivity contribution in [3.8, 4) is 5.75 Å². The molecule has 0 aliphatic rings. The number of amides is 2. The number of nitrogens with one attached hydrogen (secondary N) is 2. The van der Waals surface area contributed by atoms with Crippen LogP contribution in [0.5, 0.6) is 5.75 Å². The van der Waals surface area contributed by atoms with Crippen molar-refractivity contribution in [3.05, 3.63) is 65.2 Å². The molecule has 1 atom stereocenters. The van der Waals surface area contributed by atoms with E-state index in [0.29, 0.717) is 17.7 Å². The molecule has 0 heterocycles. The molecular weight excluding hydrogens is 466 g/mol. The number of aryl methyl sites for hydroxylation is 1. The van der Waals surface area contributed by atoms with Crippen molar-refractivity contribution in [2.45, 2.75) is 59.2 Å². The molecule has 192 valence electrons. The van der Waals surface area contributed by atoms with Gasteiger partial charge in [0.2, 0.25) is 0 Å². The molecule has 0 saturated carbocycles. The van der Waals surface area contributed by atoms with E-state index in [1.165, 1.54) is 18.3 Å². The first kappa shape index (κ1) is 28.0. The van der Waals surface area contributed by atoms with Gasteiger partial charge >= 0.3 is 12.1 Å². The van der Waals surface area contributed by atoms with Gasteiger partial charge in [-0.15, -0.1) is 0 Å². The predicted octanol–water partition coefficient (Wildman–Crippen LogP) is 3.86. The average molecular weight is 498 g/mol. The van der Waals surface area contributed by atoms with Crippen molar-refractivity contribution in [2.75, 3.05) is 0 Å². The Hall–Kier alpha value is -4.21. The molecule has 0 aliphatic carbocycles. The van der Waals surface area contributed by atoms with Crippen LogP contribution in [0.4, 0.5) is 4.79 Å². The number of hydrogen-bond acceptors (Lipinski definition) is 8. The number of hydrogen-bond donors (Lipinski definition) is 2. The molecule has 0 spiro atoms. The van der Waals surface area contributed by atoms with E-state index in [9.17, 15) is 19.2 Å². The van der Waals surface area contributed by atoms with E-state index >= 15 is 0 Å². The Kier molecular flexibility index (Phi) is 10.1. The van der Waals surface area contributed by atoms with E-state index in [1.807, 2.05) is 18.5 Å². The summed E-state index contributed by atoms with van der Waals surface area (Å²) in [5.74, 6) is -1.84. The Morgan fingerprint density at radius 2 is 1.75 bits per heavy atom. The summed E-state index contributed by atoms with van der Waals surface area (Å²) in [4.78, 5) is 53.9. The zero-order chi connectivity index (χ0) is 26.7. The molecule has 0 saturated heterocycles. The minimum absolute atomic E-state index is 0.116. The van der Waals surface area contributed by atoms with Crippen LogP contribution in [0.25, 0.3) is 0 Å². The van der Waals surface area contributed by atoms with Crippen molar-refractivity contribution in [1.82, 2.24) is 10.9 Å². The largest absolute Gasteiger partial charge is 0.471 e. The number of Topliss-reactive ketones (excluding diaryl/α,β-unsaturated/α-hetero) is 1. The van der Waals surface area contributed by atoms with E-state index in [4.69, 9.17) is 14.3 Å². The number of hydrazone groups is 1. The standard InChI is InChI=1S/C26H31N3O7/c1-6-8-21(30)22(34-20-10-7-9-17(2)15-20)24(32)36-29-23(31)19-13-11-18(12-14-19)16-27-28-25(33)35-26(3,4)5/h7,9-16,22H,6,8H2,1-5H3,(H,28,33)(H,29,31). The molecule has 0 fully saturated rings. The van der Waals surface area contributed by atoms with Gasteiger partial charge in [0.1, 0.15) is 11.4 Å². The quantitative estimate of drug-likeness (QED) is 0.305. The summed E-state index contributed by atoms with van der Waals surface area (Å²) in [7, 11) is 0. The summed E-state index contributed by atoms with van der Waals surface area (Å²) in [5.41, 5.74) is 5.32. The Balaban J connectivity index is 1.95. The van der Waals surface area contributed by atoms with Crippen LogP contribution in [0.2, 0.25) is 0 Å². The van der Waals surface area contributed by atoms with Crippen molar-refractivity contribution >= 4 is 30.0 Å². The minimum Gasteiger partial charge on any atom is -0.471 e. The Labute approximate surface area is 210 Å². The lowest BCUT2D eigenvalue weighted by Crippen LogP contribution is -2.41.